The summed E-state index contributed by atoms with van der Waals surface area (Å²) in [6.07, 6.45) is 3.99. The van der Waals surface area contributed by atoms with Crippen molar-refractivity contribution in [1.29, 1.82) is 0 Å². The van der Waals surface area contributed by atoms with Gasteiger partial charge in [0.25, 0.3) is 0 Å². The summed E-state index contributed by atoms with van der Waals surface area (Å²) in [6, 6.07) is 12.4. The minimum atomic E-state index is -0.564. The van der Waals surface area contributed by atoms with E-state index in [0.717, 1.165) is 22.9 Å². The topological polar surface area (TPSA) is 103 Å². The van der Waals surface area contributed by atoms with E-state index in [2.05, 4.69) is 27.4 Å². The highest BCUT2D eigenvalue weighted by Crippen LogP contribution is 2.22. The molecule has 4 aromatic rings. The molecule has 8 nitrogen and oxygen atoms in total. The number of hydrogen-bond donors (Lipinski definition) is 1. The third-order valence-corrected chi connectivity index (χ3v) is 4.53. The number of ketones is 1. The fourth-order valence-corrected chi connectivity index (χ4v) is 3.06. The van der Waals surface area contributed by atoms with Crippen molar-refractivity contribution in [3.63, 3.8) is 0 Å². The number of rotatable bonds is 6. The minimum absolute atomic E-state index is 0.252. The maximum atomic E-state index is 12.5. The zero-order chi connectivity index (χ0) is 19.5. The van der Waals surface area contributed by atoms with Crippen molar-refractivity contribution < 1.29 is 14.3 Å². The zero-order valence-corrected chi connectivity index (χ0v) is 15.1. The number of fused-ring (bicyclic) bond motifs is 1. The molecule has 0 radical (unpaired) electrons. The van der Waals surface area contributed by atoms with E-state index in [9.17, 15) is 9.59 Å². The van der Waals surface area contributed by atoms with Gasteiger partial charge in [-0.05, 0) is 46.7 Å². The second-order valence-corrected chi connectivity index (χ2v) is 6.20. The molecule has 0 atom stereocenters. The lowest BCUT2D eigenvalue weighted by Gasteiger charge is -2.05. The van der Waals surface area contributed by atoms with E-state index >= 15 is 0 Å². The molecule has 2 heterocycles. The van der Waals surface area contributed by atoms with Crippen LogP contribution in [0.15, 0.2) is 55.0 Å². The Hall–Kier alpha value is -3.81. The number of tetrazole rings is 1. The number of nitrogens with zero attached hydrogens (tertiary/aromatic N) is 4. The molecule has 1 N–H and O–H groups in total. The third-order valence-electron chi connectivity index (χ3n) is 4.53. The molecule has 0 unspecified atom stereocenters. The van der Waals surface area contributed by atoms with Crippen LogP contribution in [0.25, 0.3) is 16.6 Å². The molecular formula is C20H17N5O3. The lowest BCUT2D eigenvalue weighted by atomic mass is 10.1. The molecule has 28 heavy (non-hydrogen) atoms. The number of esters is 1. The number of Topliss-reactive ketones (excluding diaryl/α,β-unsaturated/α-hetero) is 1. The predicted molar refractivity (Wildman–Crippen MR) is 101 cm³/mol. The van der Waals surface area contributed by atoms with Crippen LogP contribution >= 0.6 is 0 Å². The zero-order valence-electron chi connectivity index (χ0n) is 15.1. The lowest BCUT2D eigenvalue weighted by Crippen LogP contribution is -2.14. The first kappa shape index (κ1) is 17.6. The Labute approximate surface area is 160 Å². The second-order valence-electron chi connectivity index (χ2n) is 6.20. The molecule has 0 saturated carbocycles. The van der Waals surface area contributed by atoms with Gasteiger partial charge in [0.05, 0.1) is 11.3 Å². The van der Waals surface area contributed by atoms with Crippen molar-refractivity contribution in [2.75, 3.05) is 6.61 Å². The van der Waals surface area contributed by atoms with Crippen LogP contribution < -0.4 is 0 Å². The number of ether oxygens (including phenoxy) is 1. The highest BCUT2D eigenvalue weighted by atomic mass is 16.5. The van der Waals surface area contributed by atoms with Gasteiger partial charge in [-0.25, -0.2) is 9.48 Å². The Morgan fingerprint density at radius 2 is 1.96 bits per heavy atom. The minimum Gasteiger partial charge on any atom is -0.454 e. The molecule has 0 saturated heterocycles. The van der Waals surface area contributed by atoms with Gasteiger partial charge in [0.2, 0.25) is 5.78 Å². The molecule has 8 heteroatoms. The number of aromatic amines is 1. The quantitative estimate of drug-likeness (QED) is 0.411. The largest absolute Gasteiger partial charge is 0.454 e. The number of nitrogens with one attached hydrogen (secondary N) is 1. The van der Waals surface area contributed by atoms with Crippen molar-refractivity contribution in [3.8, 4) is 5.69 Å². The standard InChI is InChI=1S/C20H17N5O3/c1-2-13-4-3-5-16-17(10-21-19(13)16)18(26)11-28-20(27)14-6-8-15(9-7-14)25-12-22-23-24-25/h3-10,12,21H,2,11H2,1H3. The van der Waals surface area contributed by atoms with Crippen molar-refractivity contribution >= 4 is 22.7 Å². The maximum absolute atomic E-state index is 12.5. The van der Waals surface area contributed by atoms with Crippen LogP contribution in [-0.4, -0.2) is 43.6 Å². The summed E-state index contributed by atoms with van der Waals surface area (Å²) in [5.74, 6) is -0.816. The van der Waals surface area contributed by atoms with Gasteiger partial charge in [-0.3, -0.25) is 4.79 Å². The van der Waals surface area contributed by atoms with Gasteiger partial charge in [0.15, 0.2) is 6.61 Å². The van der Waals surface area contributed by atoms with Crippen LogP contribution in [0.3, 0.4) is 0 Å². The van der Waals surface area contributed by atoms with Crippen molar-refractivity contribution in [1.82, 2.24) is 25.2 Å². The predicted octanol–water partition coefficient (Wildman–Crippen LogP) is 2.75. The van der Waals surface area contributed by atoms with Gasteiger partial charge in [0.1, 0.15) is 6.33 Å². The Kier molecular flexibility index (Phi) is 4.67. The van der Waals surface area contributed by atoms with Gasteiger partial charge in [-0.15, -0.1) is 5.10 Å². The first-order valence-electron chi connectivity index (χ1n) is 8.80. The Morgan fingerprint density at radius 1 is 1.14 bits per heavy atom. The number of aryl methyl sites for hydroxylation is 1. The van der Waals surface area contributed by atoms with E-state index in [-0.39, 0.29) is 12.4 Å². The van der Waals surface area contributed by atoms with Crippen LogP contribution in [0.2, 0.25) is 0 Å². The van der Waals surface area contributed by atoms with Crippen molar-refractivity contribution in [2.24, 2.45) is 0 Å². The Balaban J connectivity index is 1.44. The molecule has 0 aliphatic carbocycles. The SMILES string of the molecule is CCc1cccc2c(C(=O)COC(=O)c3ccc(-n4cnnn4)cc3)c[nH]c12. The smallest absolute Gasteiger partial charge is 0.338 e. The first-order chi connectivity index (χ1) is 13.7. The fraction of sp³-hybridized carbons (Fsp3) is 0.150. The van der Waals surface area contributed by atoms with Crippen LogP contribution in [0.1, 0.15) is 33.2 Å². The summed E-state index contributed by atoms with van der Waals surface area (Å²) >= 11 is 0. The number of H-pyrrole nitrogens is 1. The van der Waals surface area contributed by atoms with Gasteiger partial charge >= 0.3 is 5.97 Å². The van der Waals surface area contributed by atoms with E-state index in [1.807, 2.05) is 18.2 Å². The summed E-state index contributed by atoms with van der Waals surface area (Å²) in [7, 11) is 0. The summed E-state index contributed by atoms with van der Waals surface area (Å²) in [6.45, 7) is 1.74. The second kappa shape index (κ2) is 7.43. The average molecular weight is 375 g/mol. The van der Waals surface area contributed by atoms with Gasteiger partial charge in [0, 0.05) is 22.7 Å². The molecule has 0 amide bonds. The Morgan fingerprint density at radius 3 is 2.68 bits per heavy atom. The number of carbonyl (C=O) groups excluding carboxylic acids is 2. The van der Waals surface area contributed by atoms with Crippen molar-refractivity contribution in [2.45, 2.75) is 13.3 Å². The van der Waals surface area contributed by atoms with Crippen LogP contribution in [0, 0.1) is 0 Å². The number of para-hydroxylation sites is 1. The van der Waals surface area contributed by atoms with Crippen LogP contribution in [-0.2, 0) is 11.2 Å². The van der Waals surface area contributed by atoms with E-state index in [1.54, 1.807) is 30.5 Å². The molecule has 2 aromatic heterocycles. The molecule has 0 aliphatic heterocycles. The summed E-state index contributed by atoms with van der Waals surface area (Å²) in [4.78, 5) is 27.9. The lowest BCUT2D eigenvalue weighted by molar-refractivity contribution is 0.0475. The highest BCUT2D eigenvalue weighted by molar-refractivity contribution is 6.09. The Bertz CT molecular complexity index is 1130. The van der Waals surface area contributed by atoms with Gasteiger partial charge in [-0.2, -0.15) is 0 Å². The van der Waals surface area contributed by atoms with E-state index in [0.29, 0.717) is 16.8 Å². The molecular weight excluding hydrogens is 358 g/mol. The summed E-state index contributed by atoms with van der Waals surface area (Å²) in [5, 5.41) is 11.7. The number of aromatic nitrogens is 5. The monoisotopic (exact) mass is 375 g/mol. The normalized spacial score (nSPS) is 10.9. The third kappa shape index (κ3) is 3.27. The van der Waals surface area contributed by atoms with Gasteiger partial charge in [-0.1, -0.05) is 25.1 Å². The maximum Gasteiger partial charge on any atom is 0.338 e. The summed E-state index contributed by atoms with van der Waals surface area (Å²) < 4.78 is 6.67. The average Bonchev–Trinajstić information content (AvgIpc) is 3.41. The fourth-order valence-electron chi connectivity index (χ4n) is 3.06. The van der Waals surface area contributed by atoms with E-state index in [4.69, 9.17) is 4.74 Å². The van der Waals surface area contributed by atoms with Crippen LogP contribution in [0.4, 0.5) is 0 Å². The molecule has 0 fully saturated rings. The van der Waals surface area contributed by atoms with Crippen molar-refractivity contribution in [3.05, 3.63) is 71.7 Å². The molecule has 0 aliphatic rings. The first-order valence-corrected chi connectivity index (χ1v) is 8.80. The highest BCUT2D eigenvalue weighted by Gasteiger charge is 2.16. The molecule has 140 valence electrons. The summed E-state index contributed by atoms with van der Waals surface area (Å²) in [5.41, 5.74) is 3.65. The molecule has 0 bridgehead atoms. The molecule has 4 rings (SSSR count). The van der Waals surface area contributed by atoms with Crippen LogP contribution in [0.5, 0.6) is 0 Å². The molecule has 2 aromatic carbocycles. The molecule has 0 spiro atoms. The number of hydrogen-bond acceptors (Lipinski definition) is 6. The van der Waals surface area contributed by atoms with Gasteiger partial charge < -0.3 is 9.72 Å². The number of benzene rings is 2. The number of carbonyl (C=O) groups is 2. The van der Waals surface area contributed by atoms with E-state index in [1.165, 1.54) is 11.0 Å². The van der Waals surface area contributed by atoms with E-state index < -0.39 is 5.97 Å².